The van der Waals surface area contributed by atoms with E-state index in [0.717, 1.165) is 11.1 Å². The lowest BCUT2D eigenvalue weighted by molar-refractivity contribution is -0.190. The number of carbonyl (C=O) groups excluding carboxylic acids is 2. The molecule has 0 spiro atoms. The molecule has 3 rings (SSSR count). The number of pyridine rings is 1. The monoisotopic (exact) mass is 485 g/mol. The predicted octanol–water partition coefficient (Wildman–Crippen LogP) is 3.79. The Morgan fingerprint density at radius 2 is 1.90 bits per heavy atom. The number of benzene rings is 1. The van der Waals surface area contributed by atoms with Gasteiger partial charge in [0.15, 0.2) is 0 Å². The van der Waals surface area contributed by atoms with E-state index in [1.54, 1.807) is 0 Å². The zero-order valence-corrected chi connectivity index (χ0v) is 17.4. The van der Waals surface area contributed by atoms with Crippen molar-refractivity contribution in [1.82, 2.24) is 9.88 Å². The third-order valence-corrected chi connectivity index (χ3v) is 5.36. The molecule has 1 fully saturated rings. The summed E-state index contributed by atoms with van der Waals surface area (Å²) in [6.45, 7) is 1.28. The Bertz CT molecular complexity index is 944. The molecule has 160 valence electrons. The average Bonchev–Trinajstić information content (AvgIpc) is 2.73. The third-order valence-electron chi connectivity index (χ3n) is 4.92. The van der Waals surface area contributed by atoms with Gasteiger partial charge < -0.3 is 15.4 Å². The van der Waals surface area contributed by atoms with Crippen molar-refractivity contribution in [2.24, 2.45) is 5.73 Å². The van der Waals surface area contributed by atoms with Crippen LogP contribution >= 0.6 is 15.9 Å². The summed E-state index contributed by atoms with van der Waals surface area (Å²) in [6, 6.07) is 10.7. The van der Waals surface area contributed by atoms with E-state index < -0.39 is 23.9 Å². The molecule has 2 heterocycles. The summed E-state index contributed by atoms with van der Waals surface area (Å²) in [7, 11) is 0. The van der Waals surface area contributed by atoms with E-state index in [1.807, 2.05) is 18.2 Å². The minimum atomic E-state index is -5.19. The fourth-order valence-corrected chi connectivity index (χ4v) is 3.66. The number of nitrogens with two attached hydrogens (primary N) is 1. The highest BCUT2D eigenvalue weighted by molar-refractivity contribution is 9.10. The highest BCUT2D eigenvalue weighted by Crippen LogP contribution is 2.31. The molecule has 0 unspecified atom stereocenters. The van der Waals surface area contributed by atoms with E-state index in [-0.39, 0.29) is 16.1 Å². The number of esters is 1. The maximum Gasteiger partial charge on any atom is 0.491 e. The lowest BCUT2D eigenvalue weighted by Gasteiger charge is -2.32. The van der Waals surface area contributed by atoms with E-state index in [4.69, 9.17) is 5.73 Å². The number of ether oxygens (including phenoxy) is 1. The van der Waals surface area contributed by atoms with Crippen molar-refractivity contribution in [3.63, 3.8) is 0 Å². The molecule has 6 nitrogen and oxygen atoms in total. The van der Waals surface area contributed by atoms with E-state index >= 15 is 0 Å². The fraction of sp³-hybridized carbons (Fsp3) is 0.350. The molecule has 1 aromatic heterocycles. The van der Waals surface area contributed by atoms with Crippen LogP contribution in [0.15, 0.2) is 41.0 Å². The number of hydrogen-bond donors (Lipinski definition) is 1. The van der Waals surface area contributed by atoms with Crippen LogP contribution in [-0.4, -0.2) is 41.0 Å². The number of amides is 1. The molecule has 30 heavy (non-hydrogen) atoms. The first kappa shape index (κ1) is 22.2. The quantitative estimate of drug-likeness (QED) is 0.525. The van der Waals surface area contributed by atoms with Crippen LogP contribution in [0, 0.1) is 0 Å². The molecule has 0 radical (unpaired) electrons. The van der Waals surface area contributed by atoms with Crippen LogP contribution in [0.4, 0.5) is 13.2 Å². The summed E-state index contributed by atoms with van der Waals surface area (Å²) in [5.41, 5.74) is 7.68. The molecule has 1 saturated heterocycles. The number of carbonyl (C=O) groups is 2. The molecule has 0 bridgehead atoms. The molecule has 0 aliphatic carbocycles. The lowest BCUT2D eigenvalue weighted by atomic mass is 9.88. The number of halogens is 4. The Kier molecular flexibility index (Phi) is 6.77. The van der Waals surface area contributed by atoms with Crippen molar-refractivity contribution in [2.75, 3.05) is 13.1 Å². The number of aromatic nitrogens is 1. The molecular formula is C20H19BrF3N3O3. The van der Waals surface area contributed by atoms with Gasteiger partial charge in [0.05, 0.1) is 0 Å². The summed E-state index contributed by atoms with van der Waals surface area (Å²) in [6.07, 6.45) is -3.80. The largest absolute Gasteiger partial charge is 0.491 e. The Morgan fingerprint density at radius 3 is 2.53 bits per heavy atom. The fourth-order valence-electron chi connectivity index (χ4n) is 3.36. The van der Waals surface area contributed by atoms with Crippen LogP contribution in [0.5, 0.6) is 5.88 Å². The number of piperidine rings is 1. The van der Waals surface area contributed by atoms with Gasteiger partial charge in [-0.1, -0.05) is 24.3 Å². The van der Waals surface area contributed by atoms with Crippen molar-refractivity contribution >= 4 is 27.8 Å². The number of hydrogen-bond acceptors (Lipinski definition) is 5. The van der Waals surface area contributed by atoms with Crippen LogP contribution in [0.25, 0.3) is 0 Å². The van der Waals surface area contributed by atoms with Gasteiger partial charge in [0.25, 0.3) is 5.91 Å². The van der Waals surface area contributed by atoms with Crippen molar-refractivity contribution < 1.29 is 27.5 Å². The van der Waals surface area contributed by atoms with Crippen molar-refractivity contribution in [3.8, 4) is 5.88 Å². The first-order chi connectivity index (χ1) is 14.2. The molecular weight excluding hydrogens is 467 g/mol. The SMILES string of the molecule is NCc1cccc(C2CCN(C(=O)c3ccc(Br)nc3OC(=O)C(F)(F)F)CC2)c1. The van der Waals surface area contributed by atoms with E-state index in [9.17, 15) is 22.8 Å². The van der Waals surface area contributed by atoms with Gasteiger partial charge in [-0.05, 0) is 57.9 Å². The second-order valence-corrected chi connectivity index (χ2v) is 7.70. The van der Waals surface area contributed by atoms with E-state index in [2.05, 4.69) is 31.7 Å². The molecule has 0 atom stereocenters. The normalized spacial score (nSPS) is 15.2. The third kappa shape index (κ3) is 5.17. The summed E-state index contributed by atoms with van der Waals surface area (Å²) in [5, 5.41) is 0. The maximum atomic E-state index is 12.9. The Balaban J connectivity index is 1.72. The summed E-state index contributed by atoms with van der Waals surface area (Å²) in [5.74, 6) is -3.38. The van der Waals surface area contributed by atoms with Crippen LogP contribution in [0.1, 0.15) is 40.2 Å². The minimum Gasteiger partial charge on any atom is -0.400 e. The maximum absolute atomic E-state index is 12.9. The molecule has 2 aromatic rings. The highest BCUT2D eigenvalue weighted by atomic mass is 79.9. The van der Waals surface area contributed by atoms with Gasteiger partial charge in [-0.15, -0.1) is 0 Å². The van der Waals surface area contributed by atoms with Gasteiger partial charge in [0.2, 0.25) is 5.88 Å². The number of alkyl halides is 3. The minimum absolute atomic E-state index is 0.141. The Labute approximate surface area is 179 Å². The number of nitrogens with zero attached hydrogens (tertiary/aromatic N) is 2. The average molecular weight is 486 g/mol. The molecule has 2 N–H and O–H groups in total. The van der Waals surface area contributed by atoms with Gasteiger partial charge in [0, 0.05) is 19.6 Å². The van der Waals surface area contributed by atoms with Crippen molar-refractivity contribution in [1.29, 1.82) is 0 Å². The van der Waals surface area contributed by atoms with Crippen LogP contribution in [0.3, 0.4) is 0 Å². The van der Waals surface area contributed by atoms with E-state index in [1.165, 1.54) is 17.0 Å². The summed E-state index contributed by atoms with van der Waals surface area (Å²) in [4.78, 5) is 29.4. The van der Waals surface area contributed by atoms with Crippen LogP contribution in [0.2, 0.25) is 0 Å². The Morgan fingerprint density at radius 1 is 1.20 bits per heavy atom. The second-order valence-electron chi connectivity index (χ2n) is 6.89. The zero-order valence-electron chi connectivity index (χ0n) is 15.8. The standard InChI is InChI=1S/C20H19BrF3N3O3/c21-16-5-4-15(17(26-16)30-19(29)20(22,23)24)18(28)27-8-6-13(7-9-27)14-3-1-2-12(10-14)11-25/h1-5,10,13H,6-9,11,25H2. The lowest BCUT2D eigenvalue weighted by Crippen LogP contribution is -2.38. The first-order valence-corrected chi connectivity index (χ1v) is 10.0. The Hall–Kier alpha value is -2.46. The molecule has 10 heteroatoms. The molecule has 1 aliphatic heterocycles. The van der Waals surface area contributed by atoms with Gasteiger partial charge in [-0.2, -0.15) is 13.2 Å². The van der Waals surface area contributed by atoms with Gasteiger partial charge in [-0.3, -0.25) is 4.79 Å². The summed E-state index contributed by atoms with van der Waals surface area (Å²) < 4.78 is 42.2. The highest BCUT2D eigenvalue weighted by Gasteiger charge is 2.42. The number of rotatable bonds is 4. The predicted molar refractivity (Wildman–Crippen MR) is 106 cm³/mol. The van der Waals surface area contributed by atoms with Gasteiger partial charge in [0.1, 0.15) is 10.2 Å². The van der Waals surface area contributed by atoms with Gasteiger partial charge >= 0.3 is 12.1 Å². The zero-order chi connectivity index (χ0) is 21.9. The van der Waals surface area contributed by atoms with Crippen molar-refractivity contribution in [3.05, 3.63) is 57.7 Å². The van der Waals surface area contributed by atoms with Crippen LogP contribution < -0.4 is 10.5 Å². The molecule has 1 aliphatic rings. The topological polar surface area (TPSA) is 85.5 Å². The van der Waals surface area contributed by atoms with Crippen LogP contribution in [-0.2, 0) is 11.3 Å². The first-order valence-electron chi connectivity index (χ1n) is 9.22. The van der Waals surface area contributed by atoms with E-state index in [0.29, 0.717) is 32.5 Å². The molecule has 1 amide bonds. The second kappa shape index (κ2) is 9.13. The molecule has 1 aromatic carbocycles. The van der Waals surface area contributed by atoms with Gasteiger partial charge in [-0.25, -0.2) is 9.78 Å². The molecule has 0 saturated carbocycles. The summed E-state index contributed by atoms with van der Waals surface area (Å²) >= 11 is 3.01. The van der Waals surface area contributed by atoms with Crippen molar-refractivity contribution in [2.45, 2.75) is 31.5 Å². The smallest absolute Gasteiger partial charge is 0.400 e. The number of likely N-dealkylation sites (tertiary alicyclic amines) is 1.